The normalized spacial score (nSPS) is 11.3. The summed E-state index contributed by atoms with van der Waals surface area (Å²) >= 11 is 17.9. The third-order valence-corrected chi connectivity index (χ3v) is 5.07. The van der Waals surface area contributed by atoms with E-state index >= 15 is 0 Å². The Balaban J connectivity index is 1.64. The van der Waals surface area contributed by atoms with Crippen molar-refractivity contribution in [2.75, 3.05) is 5.32 Å². The fourth-order valence-electron chi connectivity index (χ4n) is 2.81. The number of aromatic amines is 1. The molecule has 0 aliphatic heterocycles. The minimum absolute atomic E-state index is 0.153. The van der Waals surface area contributed by atoms with Crippen molar-refractivity contribution >= 4 is 68.7 Å². The van der Waals surface area contributed by atoms with Gasteiger partial charge in [-0.25, -0.2) is 0 Å². The van der Waals surface area contributed by atoms with Gasteiger partial charge in [-0.2, -0.15) is 0 Å². The zero-order chi connectivity index (χ0) is 21.3. The number of azo groups is 1. The zero-order valence-corrected chi connectivity index (χ0v) is 17.4. The van der Waals surface area contributed by atoms with E-state index in [1.54, 1.807) is 60.7 Å². The van der Waals surface area contributed by atoms with Crippen LogP contribution in [0.15, 0.2) is 70.9 Å². The number of nitrogens with zero attached hydrogens (tertiary/aromatic N) is 2. The Kier molecular flexibility index (Phi) is 5.63. The van der Waals surface area contributed by atoms with Gasteiger partial charge in [-0.1, -0.05) is 34.8 Å². The average molecular weight is 460 g/mol. The maximum Gasteiger partial charge on any atom is 0.255 e. The molecule has 9 heteroatoms. The standard InChI is InChI=1S/C21H13Cl3N4O2/c22-12-3-1-11(2-4-12)20(29)25-14-6-8-17-15(10-14)19(21(30)26-17)28-27-18-7-5-13(23)9-16(18)24/h1-10,26,30H,(H,25,29). The average Bonchev–Trinajstić information content (AvgIpc) is 3.02. The highest BCUT2D eigenvalue weighted by Gasteiger charge is 2.13. The first kappa shape index (κ1) is 20.2. The van der Waals surface area contributed by atoms with Crippen molar-refractivity contribution < 1.29 is 9.90 Å². The van der Waals surface area contributed by atoms with Gasteiger partial charge in [0.1, 0.15) is 5.69 Å². The Morgan fingerprint density at radius 1 is 0.900 bits per heavy atom. The molecule has 4 rings (SSSR count). The lowest BCUT2D eigenvalue weighted by molar-refractivity contribution is 0.102. The smallest absolute Gasteiger partial charge is 0.255 e. The van der Waals surface area contributed by atoms with Crippen molar-refractivity contribution in [3.05, 3.63) is 81.3 Å². The van der Waals surface area contributed by atoms with Crippen LogP contribution in [0.2, 0.25) is 15.1 Å². The van der Waals surface area contributed by atoms with Crippen molar-refractivity contribution in [3.8, 4) is 5.88 Å². The Bertz CT molecular complexity index is 1280. The molecule has 1 aromatic heterocycles. The van der Waals surface area contributed by atoms with Crippen LogP contribution in [0, 0.1) is 0 Å². The third kappa shape index (κ3) is 4.26. The Morgan fingerprint density at radius 3 is 2.37 bits per heavy atom. The molecule has 1 heterocycles. The van der Waals surface area contributed by atoms with Crippen LogP contribution in [0.25, 0.3) is 10.9 Å². The van der Waals surface area contributed by atoms with E-state index < -0.39 is 0 Å². The molecule has 30 heavy (non-hydrogen) atoms. The molecule has 0 radical (unpaired) electrons. The van der Waals surface area contributed by atoms with Crippen molar-refractivity contribution in [3.63, 3.8) is 0 Å². The van der Waals surface area contributed by atoms with Gasteiger partial charge in [0.25, 0.3) is 5.91 Å². The SMILES string of the molecule is O=C(Nc1ccc2[nH]c(O)c(N=Nc3ccc(Cl)cc3Cl)c2c1)c1ccc(Cl)cc1. The predicted octanol–water partition coefficient (Wildman–Crippen LogP) is 7.50. The summed E-state index contributed by atoms with van der Waals surface area (Å²) in [5.41, 5.74) is 2.25. The zero-order valence-electron chi connectivity index (χ0n) is 15.2. The van der Waals surface area contributed by atoms with Gasteiger partial charge in [-0.3, -0.25) is 4.79 Å². The minimum atomic E-state index is -0.290. The monoisotopic (exact) mass is 458 g/mol. The lowest BCUT2D eigenvalue weighted by Crippen LogP contribution is -2.11. The van der Waals surface area contributed by atoms with Gasteiger partial charge in [-0.15, -0.1) is 10.2 Å². The Labute approximate surface area is 186 Å². The van der Waals surface area contributed by atoms with Crippen LogP contribution < -0.4 is 5.32 Å². The number of fused-ring (bicyclic) bond motifs is 1. The van der Waals surface area contributed by atoms with Crippen molar-refractivity contribution in [1.82, 2.24) is 4.98 Å². The van der Waals surface area contributed by atoms with Crippen molar-refractivity contribution in [2.24, 2.45) is 10.2 Å². The van der Waals surface area contributed by atoms with E-state index in [9.17, 15) is 9.90 Å². The number of H-pyrrole nitrogens is 1. The number of aromatic hydroxyl groups is 1. The van der Waals surface area contributed by atoms with Gasteiger partial charge in [-0.05, 0) is 60.7 Å². The van der Waals surface area contributed by atoms with Crippen LogP contribution >= 0.6 is 34.8 Å². The van der Waals surface area contributed by atoms with Crippen LogP contribution in [0.1, 0.15) is 10.4 Å². The molecule has 0 bridgehead atoms. The highest BCUT2D eigenvalue weighted by atomic mass is 35.5. The summed E-state index contributed by atoms with van der Waals surface area (Å²) < 4.78 is 0. The highest BCUT2D eigenvalue weighted by molar-refractivity contribution is 6.36. The molecule has 6 nitrogen and oxygen atoms in total. The van der Waals surface area contributed by atoms with E-state index in [4.69, 9.17) is 34.8 Å². The number of hydrogen-bond donors (Lipinski definition) is 3. The van der Waals surface area contributed by atoms with Gasteiger partial charge in [0.15, 0.2) is 5.69 Å². The second kappa shape index (κ2) is 8.36. The molecule has 0 aliphatic rings. The Hall–Kier alpha value is -3.06. The molecule has 0 unspecified atom stereocenters. The lowest BCUT2D eigenvalue weighted by Gasteiger charge is -2.06. The Morgan fingerprint density at radius 2 is 1.63 bits per heavy atom. The summed E-state index contributed by atoms with van der Waals surface area (Å²) in [4.78, 5) is 15.3. The van der Waals surface area contributed by atoms with Gasteiger partial charge in [0, 0.05) is 26.7 Å². The summed E-state index contributed by atoms with van der Waals surface area (Å²) in [6.07, 6.45) is 0. The van der Waals surface area contributed by atoms with Crippen LogP contribution in [0.5, 0.6) is 5.88 Å². The van der Waals surface area contributed by atoms with Crippen LogP contribution in [0.4, 0.5) is 17.1 Å². The molecule has 0 spiro atoms. The van der Waals surface area contributed by atoms with Gasteiger partial charge >= 0.3 is 0 Å². The number of hydrogen-bond acceptors (Lipinski definition) is 4. The molecule has 4 aromatic rings. The first-order valence-electron chi connectivity index (χ1n) is 8.69. The van der Waals surface area contributed by atoms with Crippen molar-refractivity contribution in [2.45, 2.75) is 0 Å². The summed E-state index contributed by atoms with van der Waals surface area (Å²) in [5.74, 6) is -0.443. The summed E-state index contributed by atoms with van der Waals surface area (Å²) in [5, 5.41) is 23.2. The number of carbonyl (C=O) groups is 1. The second-order valence-electron chi connectivity index (χ2n) is 6.34. The topological polar surface area (TPSA) is 89.8 Å². The molecule has 0 saturated carbocycles. The third-order valence-electron chi connectivity index (χ3n) is 4.28. The highest BCUT2D eigenvalue weighted by Crippen LogP contribution is 2.38. The number of carbonyl (C=O) groups excluding carboxylic acids is 1. The second-order valence-corrected chi connectivity index (χ2v) is 7.62. The molecule has 0 fully saturated rings. The predicted molar refractivity (Wildman–Crippen MR) is 120 cm³/mol. The largest absolute Gasteiger partial charge is 0.493 e. The fraction of sp³-hybridized carbons (Fsp3) is 0. The maximum absolute atomic E-state index is 12.4. The molecule has 0 aliphatic carbocycles. The van der Waals surface area contributed by atoms with E-state index in [0.717, 1.165) is 0 Å². The molecule has 1 amide bonds. The minimum Gasteiger partial charge on any atom is -0.493 e. The number of benzene rings is 3. The van der Waals surface area contributed by atoms with E-state index in [1.165, 1.54) is 0 Å². The number of anilines is 1. The molecular weight excluding hydrogens is 447 g/mol. The fourth-order valence-corrected chi connectivity index (χ4v) is 3.39. The molecule has 3 N–H and O–H groups in total. The van der Waals surface area contributed by atoms with Crippen LogP contribution in [0.3, 0.4) is 0 Å². The number of aromatic nitrogens is 1. The number of amides is 1. The number of halogens is 3. The number of nitrogens with one attached hydrogen (secondary N) is 2. The molecule has 3 aromatic carbocycles. The molecular formula is C21H13Cl3N4O2. The summed E-state index contributed by atoms with van der Waals surface area (Å²) in [7, 11) is 0. The lowest BCUT2D eigenvalue weighted by atomic mass is 10.2. The summed E-state index contributed by atoms with van der Waals surface area (Å²) in [6, 6.07) is 16.5. The van der Waals surface area contributed by atoms with Crippen LogP contribution in [-0.2, 0) is 0 Å². The van der Waals surface area contributed by atoms with E-state index in [0.29, 0.717) is 42.9 Å². The summed E-state index contributed by atoms with van der Waals surface area (Å²) in [6.45, 7) is 0. The van der Waals surface area contributed by atoms with E-state index in [2.05, 4.69) is 20.5 Å². The van der Waals surface area contributed by atoms with Gasteiger partial charge in [0.05, 0.1) is 10.5 Å². The van der Waals surface area contributed by atoms with Crippen LogP contribution in [-0.4, -0.2) is 16.0 Å². The quantitative estimate of drug-likeness (QED) is 0.276. The first-order valence-corrected chi connectivity index (χ1v) is 9.82. The van der Waals surface area contributed by atoms with E-state index in [-0.39, 0.29) is 17.5 Å². The van der Waals surface area contributed by atoms with Gasteiger partial charge in [0.2, 0.25) is 5.88 Å². The van der Waals surface area contributed by atoms with Gasteiger partial charge < -0.3 is 15.4 Å². The molecule has 150 valence electrons. The first-order chi connectivity index (χ1) is 14.4. The number of rotatable bonds is 4. The van der Waals surface area contributed by atoms with E-state index in [1.807, 2.05) is 0 Å². The maximum atomic E-state index is 12.4. The molecule has 0 saturated heterocycles. The molecule has 0 atom stereocenters. The van der Waals surface area contributed by atoms with Crippen molar-refractivity contribution in [1.29, 1.82) is 0 Å².